The second kappa shape index (κ2) is 5.21. The molecule has 5 atom stereocenters. The zero-order valence-corrected chi connectivity index (χ0v) is 12.5. The van der Waals surface area contributed by atoms with Crippen LogP contribution in [0.3, 0.4) is 0 Å². The van der Waals surface area contributed by atoms with Crippen LogP contribution in [0.15, 0.2) is 4.99 Å². The molecule has 0 aromatic rings. The molecule has 0 aromatic carbocycles. The van der Waals surface area contributed by atoms with Crippen LogP contribution < -0.4 is 0 Å². The van der Waals surface area contributed by atoms with Crippen molar-refractivity contribution in [3.8, 4) is 0 Å². The van der Waals surface area contributed by atoms with Crippen molar-refractivity contribution in [3.05, 3.63) is 0 Å². The van der Waals surface area contributed by atoms with Crippen molar-refractivity contribution in [3.63, 3.8) is 0 Å². The van der Waals surface area contributed by atoms with Gasteiger partial charge in [0, 0.05) is 13.6 Å². The molecule has 2 heterocycles. The van der Waals surface area contributed by atoms with Crippen LogP contribution in [-0.4, -0.2) is 74.4 Å². The van der Waals surface area contributed by atoms with Gasteiger partial charge in [-0.05, 0) is 20.8 Å². The number of thioether (sulfide) groups is 1. The summed E-state index contributed by atoms with van der Waals surface area (Å²) < 4.78 is 5.74. The molecule has 110 valence electrons. The molecule has 0 aliphatic carbocycles. The van der Waals surface area contributed by atoms with Gasteiger partial charge >= 0.3 is 0 Å². The maximum absolute atomic E-state index is 10.2. The molecule has 3 N–H and O–H groups in total. The van der Waals surface area contributed by atoms with Crippen molar-refractivity contribution in [2.24, 2.45) is 4.99 Å². The van der Waals surface area contributed by atoms with Crippen molar-refractivity contribution < 1.29 is 20.1 Å². The topological polar surface area (TPSA) is 85.5 Å². The Bertz CT molecular complexity index is 371. The van der Waals surface area contributed by atoms with Gasteiger partial charge in [-0.3, -0.25) is 4.99 Å². The molecule has 2 aliphatic heterocycles. The number of hydrogen-bond donors (Lipinski definition) is 3. The summed E-state index contributed by atoms with van der Waals surface area (Å²) in [6.45, 7) is 5.94. The summed E-state index contributed by atoms with van der Waals surface area (Å²) in [5.74, 6) is 0. The molecule has 0 aromatic heterocycles. The highest BCUT2D eigenvalue weighted by Crippen LogP contribution is 2.39. The fraction of sp³-hybridized carbons (Fsp3) is 0.917. The average Bonchev–Trinajstić information content (AvgIpc) is 2.75. The van der Waals surface area contributed by atoms with Gasteiger partial charge in [-0.2, -0.15) is 0 Å². The van der Waals surface area contributed by atoms with Gasteiger partial charge in [0.15, 0.2) is 5.17 Å². The van der Waals surface area contributed by atoms with E-state index in [0.29, 0.717) is 0 Å². The van der Waals surface area contributed by atoms with Gasteiger partial charge in [0.1, 0.15) is 29.8 Å². The average molecular weight is 290 g/mol. The molecule has 0 spiro atoms. The van der Waals surface area contributed by atoms with Gasteiger partial charge in [0.25, 0.3) is 0 Å². The monoisotopic (exact) mass is 290 g/mol. The SMILES string of the molecule is CCN(C)C1=NC2C(OC(C(C)(C)O)C(O)C2O)S1. The van der Waals surface area contributed by atoms with E-state index in [0.717, 1.165) is 11.7 Å². The standard InChI is InChI=1S/C12H22N2O4S/c1-5-14(4)11-13-6-7(15)8(16)9(12(2,3)17)18-10(6)19-11/h6-10,15-17H,5H2,1-4H3. The lowest BCUT2D eigenvalue weighted by molar-refractivity contribution is -0.208. The Labute approximate surface area is 117 Å². The minimum atomic E-state index is -1.22. The molecular weight excluding hydrogens is 268 g/mol. The predicted molar refractivity (Wildman–Crippen MR) is 74.1 cm³/mol. The second-order valence-electron chi connectivity index (χ2n) is 5.59. The molecule has 0 bridgehead atoms. The third kappa shape index (κ3) is 2.75. The fourth-order valence-electron chi connectivity index (χ4n) is 2.25. The molecule has 19 heavy (non-hydrogen) atoms. The van der Waals surface area contributed by atoms with Crippen molar-refractivity contribution >= 4 is 16.9 Å². The van der Waals surface area contributed by atoms with Crippen molar-refractivity contribution in [1.29, 1.82) is 0 Å². The zero-order valence-electron chi connectivity index (χ0n) is 11.6. The quantitative estimate of drug-likeness (QED) is 0.643. The van der Waals surface area contributed by atoms with E-state index < -0.39 is 30.0 Å². The minimum Gasteiger partial charge on any atom is -0.388 e. The molecule has 1 saturated heterocycles. The van der Waals surface area contributed by atoms with Crippen molar-refractivity contribution in [2.75, 3.05) is 13.6 Å². The number of rotatable bonds is 2. The number of aliphatic hydroxyl groups excluding tert-OH is 2. The second-order valence-corrected chi connectivity index (χ2v) is 6.66. The van der Waals surface area contributed by atoms with E-state index in [1.807, 2.05) is 18.9 Å². The van der Waals surface area contributed by atoms with Crippen molar-refractivity contribution in [2.45, 2.75) is 56.2 Å². The lowest BCUT2D eigenvalue weighted by atomic mass is 9.89. The summed E-state index contributed by atoms with van der Waals surface area (Å²) in [5.41, 5.74) is -1.58. The van der Waals surface area contributed by atoms with Gasteiger partial charge in [-0.25, -0.2) is 0 Å². The van der Waals surface area contributed by atoms with Crippen LogP contribution in [0.2, 0.25) is 0 Å². The maximum atomic E-state index is 10.2. The molecule has 6 nitrogen and oxygen atoms in total. The van der Waals surface area contributed by atoms with Gasteiger partial charge in [-0.1, -0.05) is 11.8 Å². The molecule has 1 fully saturated rings. The number of ether oxygens (including phenoxy) is 1. The number of aliphatic hydroxyl groups is 3. The number of amidine groups is 1. The third-order valence-electron chi connectivity index (χ3n) is 3.55. The Morgan fingerprint density at radius 3 is 2.53 bits per heavy atom. The van der Waals surface area contributed by atoms with Crippen molar-refractivity contribution in [1.82, 2.24) is 4.90 Å². The maximum Gasteiger partial charge on any atom is 0.162 e. The number of hydrogen-bond acceptors (Lipinski definition) is 7. The lowest BCUT2D eigenvalue weighted by Crippen LogP contribution is -2.61. The summed E-state index contributed by atoms with van der Waals surface area (Å²) in [7, 11) is 1.92. The molecule has 2 rings (SSSR count). The summed E-state index contributed by atoms with van der Waals surface area (Å²) in [4.78, 5) is 6.38. The van der Waals surface area contributed by atoms with Crippen LogP contribution in [-0.2, 0) is 4.74 Å². The van der Waals surface area contributed by atoms with E-state index >= 15 is 0 Å². The third-order valence-corrected chi connectivity index (χ3v) is 4.80. The molecule has 7 heteroatoms. The number of aliphatic imine (C=N–C) groups is 1. The fourth-order valence-corrected chi connectivity index (χ4v) is 3.49. The van der Waals surface area contributed by atoms with Crippen LogP contribution >= 0.6 is 11.8 Å². The van der Waals surface area contributed by atoms with Crippen LogP contribution in [0.1, 0.15) is 20.8 Å². The predicted octanol–water partition coefficient (Wildman–Crippen LogP) is -0.373. The van der Waals surface area contributed by atoms with Crippen LogP contribution in [0.4, 0.5) is 0 Å². The van der Waals surface area contributed by atoms with Crippen LogP contribution in [0, 0.1) is 0 Å². The largest absolute Gasteiger partial charge is 0.388 e. The van der Waals surface area contributed by atoms with Gasteiger partial charge in [0.05, 0.1) is 5.60 Å². The summed E-state index contributed by atoms with van der Waals surface area (Å²) >= 11 is 1.42. The number of fused-ring (bicyclic) bond motifs is 1. The number of nitrogens with zero attached hydrogens (tertiary/aromatic N) is 2. The Morgan fingerprint density at radius 1 is 1.37 bits per heavy atom. The molecular formula is C12H22N2O4S. The first kappa shape index (κ1) is 15.1. The first-order valence-corrected chi connectivity index (χ1v) is 7.33. The summed E-state index contributed by atoms with van der Waals surface area (Å²) in [6, 6.07) is -0.484. The lowest BCUT2D eigenvalue weighted by Gasteiger charge is -2.43. The highest BCUT2D eigenvalue weighted by molar-refractivity contribution is 8.14. The van der Waals surface area contributed by atoms with Crippen LogP contribution in [0.5, 0.6) is 0 Å². The highest BCUT2D eigenvalue weighted by atomic mass is 32.2. The zero-order chi connectivity index (χ0) is 14.4. The Balaban J connectivity index is 2.17. The Morgan fingerprint density at radius 2 is 2.00 bits per heavy atom. The Kier molecular flexibility index (Phi) is 4.13. The van der Waals surface area contributed by atoms with Crippen LogP contribution in [0.25, 0.3) is 0 Å². The Hall–Kier alpha value is -0.340. The van der Waals surface area contributed by atoms with E-state index in [9.17, 15) is 15.3 Å². The molecule has 0 saturated carbocycles. The normalized spacial score (nSPS) is 38.9. The molecule has 0 radical (unpaired) electrons. The molecule has 2 aliphatic rings. The van der Waals surface area contributed by atoms with E-state index in [2.05, 4.69) is 4.99 Å². The highest BCUT2D eigenvalue weighted by Gasteiger charge is 2.52. The minimum absolute atomic E-state index is 0.362. The smallest absolute Gasteiger partial charge is 0.162 e. The van der Waals surface area contributed by atoms with E-state index in [4.69, 9.17) is 4.74 Å². The summed E-state index contributed by atoms with van der Waals surface area (Å²) in [5, 5.41) is 31.1. The van der Waals surface area contributed by atoms with Gasteiger partial charge in [-0.15, -0.1) is 0 Å². The summed E-state index contributed by atoms with van der Waals surface area (Å²) in [6.07, 6.45) is -2.99. The first-order chi connectivity index (χ1) is 8.75. The van der Waals surface area contributed by atoms with E-state index in [1.54, 1.807) is 13.8 Å². The molecule has 0 amide bonds. The molecule has 5 unspecified atom stereocenters. The van der Waals surface area contributed by atoms with E-state index in [-0.39, 0.29) is 5.44 Å². The van der Waals surface area contributed by atoms with Gasteiger partial charge < -0.3 is 25.0 Å². The van der Waals surface area contributed by atoms with Gasteiger partial charge in [0.2, 0.25) is 0 Å². The first-order valence-electron chi connectivity index (χ1n) is 6.45. The van der Waals surface area contributed by atoms with E-state index in [1.165, 1.54) is 11.8 Å².